The predicted octanol–water partition coefficient (Wildman–Crippen LogP) is 3.71. The van der Waals surface area contributed by atoms with E-state index in [0.29, 0.717) is 52.0 Å². The number of ether oxygens (including phenoxy) is 1. The maximum Gasteiger partial charge on any atom is 0.407 e. The summed E-state index contributed by atoms with van der Waals surface area (Å²) in [6, 6.07) is 9.93. The van der Waals surface area contributed by atoms with Crippen LogP contribution in [0.3, 0.4) is 0 Å². The molecule has 1 amide bonds. The zero-order valence-corrected chi connectivity index (χ0v) is 12.8. The molecule has 2 rings (SSSR count). The van der Waals surface area contributed by atoms with Gasteiger partial charge in [-0.25, -0.2) is 9.18 Å². The van der Waals surface area contributed by atoms with Crippen molar-refractivity contribution < 1.29 is 19.0 Å². The van der Waals surface area contributed by atoms with Crippen LogP contribution in [0.1, 0.15) is 31.2 Å². The van der Waals surface area contributed by atoms with Gasteiger partial charge in [0.2, 0.25) is 0 Å². The van der Waals surface area contributed by atoms with E-state index in [1.165, 1.54) is 4.90 Å². The Labute approximate surface area is 130 Å². The summed E-state index contributed by atoms with van der Waals surface area (Å²) in [5, 5.41) is 8.87. The smallest absolute Gasteiger partial charge is 0.407 e. The van der Waals surface area contributed by atoms with E-state index in [1.807, 2.05) is 30.3 Å². The molecule has 1 N–H and O–H groups in total. The fraction of sp³-hybridized carbons (Fsp3) is 0.588. The number of benzene rings is 1. The molecule has 4 nitrogen and oxygen atoms in total. The first-order valence-corrected chi connectivity index (χ1v) is 7.90. The van der Waals surface area contributed by atoms with Gasteiger partial charge in [0.15, 0.2) is 0 Å². The van der Waals surface area contributed by atoms with Crippen molar-refractivity contribution in [3.8, 4) is 0 Å². The van der Waals surface area contributed by atoms with Gasteiger partial charge in [-0.1, -0.05) is 30.3 Å². The molecule has 122 valence electrons. The monoisotopic (exact) mass is 309 g/mol. The lowest BCUT2D eigenvalue weighted by Crippen LogP contribution is -2.39. The van der Waals surface area contributed by atoms with Gasteiger partial charge in [0.25, 0.3) is 0 Å². The van der Waals surface area contributed by atoms with Gasteiger partial charge < -0.3 is 14.7 Å². The van der Waals surface area contributed by atoms with Crippen molar-refractivity contribution in [1.29, 1.82) is 0 Å². The first-order chi connectivity index (χ1) is 10.7. The minimum Gasteiger partial charge on any atom is -0.465 e. The van der Waals surface area contributed by atoms with Crippen LogP contribution in [0.25, 0.3) is 0 Å². The Kier molecular flexibility index (Phi) is 6.65. The third-order valence-electron chi connectivity index (χ3n) is 4.20. The predicted molar refractivity (Wildman–Crippen MR) is 82.5 cm³/mol. The summed E-state index contributed by atoms with van der Waals surface area (Å²) < 4.78 is 19.7. The summed E-state index contributed by atoms with van der Waals surface area (Å²) >= 11 is 0. The molecule has 1 aromatic rings. The number of carboxylic acid groups (broad SMARTS) is 1. The highest BCUT2D eigenvalue weighted by atomic mass is 19.1. The molecule has 1 fully saturated rings. The summed E-state index contributed by atoms with van der Waals surface area (Å²) in [6.07, 6.45) is 0.690. The van der Waals surface area contributed by atoms with Crippen molar-refractivity contribution in [2.24, 2.45) is 5.92 Å². The number of hydrogen-bond donors (Lipinski definition) is 1. The van der Waals surface area contributed by atoms with E-state index >= 15 is 0 Å². The standard InChI is InChI=1S/C17H24FNO3/c18-16(15-8-10-19(11-9-15)17(20)21)7-4-12-22-13-14-5-2-1-3-6-14/h1-3,5-6,15-16H,4,7-13H2,(H,20,21). The molecule has 0 radical (unpaired) electrons. The molecule has 1 heterocycles. The van der Waals surface area contributed by atoms with Gasteiger partial charge in [-0.3, -0.25) is 0 Å². The second-order valence-corrected chi connectivity index (χ2v) is 5.80. The molecule has 0 aliphatic carbocycles. The average molecular weight is 309 g/mol. The van der Waals surface area contributed by atoms with Crippen LogP contribution in [0.5, 0.6) is 0 Å². The third-order valence-corrected chi connectivity index (χ3v) is 4.20. The van der Waals surface area contributed by atoms with Crippen molar-refractivity contribution in [1.82, 2.24) is 4.90 Å². The first kappa shape index (κ1) is 16.7. The molecule has 0 spiro atoms. The summed E-state index contributed by atoms with van der Waals surface area (Å²) in [4.78, 5) is 12.2. The lowest BCUT2D eigenvalue weighted by atomic mass is 9.90. The summed E-state index contributed by atoms with van der Waals surface area (Å²) in [5.74, 6) is -0.00952. The molecule has 1 unspecified atom stereocenters. The Balaban J connectivity index is 1.56. The second-order valence-electron chi connectivity index (χ2n) is 5.80. The number of rotatable bonds is 7. The van der Waals surface area contributed by atoms with Gasteiger partial charge in [0.05, 0.1) is 6.61 Å². The SMILES string of the molecule is O=C(O)N1CCC(C(F)CCCOCc2ccccc2)CC1. The van der Waals surface area contributed by atoms with Gasteiger partial charge in [0.1, 0.15) is 6.17 Å². The van der Waals surface area contributed by atoms with Gasteiger partial charge >= 0.3 is 6.09 Å². The number of piperidine rings is 1. The Morgan fingerprint density at radius 1 is 1.32 bits per heavy atom. The largest absolute Gasteiger partial charge is 0.465 e. The van der Waals surface area contributed by atoms with Crippen LogP contribution < -0.4 is 0 Å². The quantitative estimate of drug-likeness (QED) is 0.781. The number of alkyl halides is 1. The summed E-state index contributed by atoms with van der Waals surface area (Å²) in [7, 11) is 0. The molecule has 1 aliphatic rings. The fourth-order valence-corrected chi connectivity index (χ4v) is 2.83. The fourth-order valence-electron chi connectivity index (χ4n) is 2.83. The van der Waals surface area contributed by atoms with Gasteiger partial charge in [0, 0.05) is 19.7 Å². The minimum absolute atomic E-state index is 0.00952. The van der Waals surface area contributed by atoms with E-state index in [1.54, 1.807) is 0 Å². The van der Waals surface area contributed by atoms with Crippen molar-refractivity contribution in [3.05, 3.63) is 35.9 Å². The molecule has 22 heavy (non-hydrogen) atoms. The first-order valence-electron chi connectivity index (χ1n) is 7.90. The van der Waals surface area contributed by atoms with E-state index in [0.717, 1.165) is 5.56 Å². The van der Waals surface area contributed by atoms with Crippen LogP contribution in [0, 0.1) is 5.92 Å². The number of halogens is 1. The molecule has 0 saturated carbocycles. The molecule has 1 saturated heterocycles. The van der Waals surface area contributed by atoms with E-state index in [2.05, 4.69) is 0 Å². The highest BCUT2D eigenvalue weighted by molar-refractivity contribution is 5.64. The molecular formula is C17H24FNO3. The highest BCUT2D eigenvalue weighted by Gasteiger charge is 2.27. The molecule has 5 heteroatoms. The van der Waals surface area contributed by atoms with E-state index in [4.69, 9.17) is 9.84 Å². The van der Waals surface area contributed by atoms with Crippen LogP contribution in [-0.4, -0.2) is 42.0 Å². The lowest BCUT2D eigenvalue weighted by Gasteiger charge is -2.31. The van der Waals surface area contributed by atoms with Crippen molar-refractivity contribution in [3.63, 3.8) is 0 Å². The van der Waals surface area contributed by atoms with Gasteiger partial charge in [-0.05, 0) is 37.2 Å². The lowest BCUT2D eigenvalue weighted by molar-refractivity contribution is 0.0836. The number of nitrogens with zero attached hydrogens (tertiary/aromatic N) is 1. The van der Waals surface area contributed by atoms with E-state index in [9.17, 15) is 9.18 Å². The number of likely N-dealkylation sites (tertiary alicyclic amines) is 1. The highest BCUT2D eigenvalue weighted by Crippen LogP contribution is 2.25. The van der Waals surface area contributed by atoms with Gasteiger partial charge in [-0.15, -0.1) is 0 Å². The third kappa shape index (κ3) is 5.30. The van der Waals surface area contributed by atoms with Crippen LogP contribution in [0.2, 0.25) is 0 Å². The number of hydrogen-bond acceptors (Lipinski definition) is 2. The topological polar surface area (TPSA) is 49.8 Å². The van der Waals surface area contributed by atoms with Crippen LogP contribution >= 0.6 is 0 Å². The Hall–Kier alpha value is -1.62. The molecule has 1 aromatic carbocycles. The van der Waals surface area contributed by atoms with Gasteiger partial charge in [-0.2, -0.15) is 0 Å². The Morgan fingerprint density at radius 2 is 2.00 bits per heavy atom. The van der Waals surface area contributed by atoms with Crippen molar-refractivity contribution in [2.75, 3.05) is 19.7 Å². The zero-order chi connectivity index (χ0) is 15.8. The Bertz CT molecular complexity index is 446. The van der Waals surface area contributed by atoms with Crippen LogP contribution in [0.4, 0.5) is 9.18 Å². The van der Waals surface area contributed by atoms with Crippen molar-refractivity contribution >= 4 is 6.09 Å². The number of carbonyl (C=O) groups is 1. The van der Waals surface area contributed by atoms with Crippen LogP contribution in [0.15, 0.2) is 30.3 Å². The molecule has 0 aromatic heterocycles. The summed E-state index contributed by atoms with van der Waals surface area (Å²) in [6.45, 7) is 2.02. The molecule has 1 aliphatic heterocycles. The molecule has 1 atom stereocenters. The summed E-state index contributed by atoms with van der Waals surface area (Å²) in [5.41, 5.74) is 1.13. The maximum atomic E-state index is 14.1. The molecule has 0 bridgehead atoms. The van der Waals surface area contributed by atoms with E-state index in [-0.39, 0.29) is 5.92 Å². The van der Waals surface area contributed by atoms with Crippen molar-refractivity contribution in [2.45, 2.75) is 38.5 Å². The van der Waals surface area contributed by atoms with Crippen LogP contribution in [-0.2, 0) is 11.3 Å². The average Bonchev–Trinajstić information content (AvgIpc) is 2.55. The van der Waals surface area contributed by atoms with E-state index < -0.39 is 12.3 Å². The zero-order valence-electron chi connectivity index (χ0n) is 12.8. The second kappa shape index (κ2) is 8.73. The minimum atomic E-state index is -0.900. The molecular weight excluding hydrogens is 285 g/mol. The normalized spacial score (nSPS) is 17.4. The maximum absolute atomic E-state index is 14.1. The number of amides is 1. The Morgan fingerprint density at radius 3 is 2.64 bits per heavy atom.